The van der Waals surface area contributed by atoms with E-state index in [9.17, 15) is 13.2 Å². The van der Waals surface area contributed by atoms with Gasteiger partial charge >= 0.3 is 6.18 Å². The van der Waals surface area contributed by atoms with Crippen LogP contribution in [0.25, 0.3) is 0 Å². The van der Waals surface area contributed by atoms with E-state index in [0.717, 1.165) is 0 Å². The maximum atomic E-state index is 12.0. The Morgan fingerprint density at radius 3 is 2.50 bits per heavy atom. The van der Waals surface area contributed by atoms with E-state index in [1.807, 2.05) is 0 Å². The van der Waals surface area contributed by atoms with E-state index in [1.165, 1.54) is 25.6 Å². The largest absolute Gasteiger partial charge is 0.389 e. The number of alkyl halides is 3. The van der Waals surface area contributed by atoms with E-state index in [2.05, 4.69) is 4.98 Å². The molecule has 92 valence electrons. The maximum absolute atomic E-state index is 12.0. The lowest BCUT2D eigenvalue weighted by Crippen LogP contribution is -2.09. The highest BCUT2D eigenvalue weighted by Gasteiger charge is 2.27. The lowest BCUT2D eigenvalue weighted by molar-refractivity contribution is -0.134. The molecule has 1 heterocycles. The molecule has 0 aliphatic rings. The molecule has 1 aromatic rings. The zero-order valence-corrected chi connectivity index (χ0v) is 9.69. The van der Waals surface area contributed by atoms with E-state index >= 15 is 0 Å². The summed E-state index contributed by atoms with van der Waals surface area (Å²) in [5.41, 5.74) is 0.507. The molecule has 0 atom stereocenters. The van der Waals surface area contributed by atoms with Crippen molar-refractivity contribution in [3.05, 3.63) is 16.1 Å². The minimum Gasteiger partial charge on any atom is -0.350 e. The predicted molar refractivity (Wildman–Crippen MR) is 53.2 cm³/mol. The molecule has 0 saturated heterocycles. The molecule has 0 spiro atoms. The molecule has 1 rings (SSSR count). The number of thiazole rings is 1. The summed E-state index contributed by atoms with van der Waals surface area (Å²) in [6, 6.07) is 0. The first-order chi connectivity index (χ1) is 7.46. The summed E-state index contributed by atoms with van der Waals surface area (Å²) in [5, 5.41) is 2.08. The zero-order valence-electron chi connectivity index (χ0n) is 8.87. The van der Waals surface area contributed by atoms with Gasteiger partial charge in [-0.05, 0) is 0 Å². The number of hydrogen-bond donors (Lipinski definition) is 0. The summed E-state index contributed by atoms with van der Waals surface area (Å²) in [6.07, 6.45) is -5.72. The second-order valence-electron chi connectivity index (χ2n) is 3.08. The molecule has 1 aromatic heterocycles. The van der Waals surface area contributed by atoms with Crippen LogP contribution >= 0.6 is 11.3 Å². The molecule has 0 aromatic carbocycles. The highest BCUT2D eigenvalue weighted by molar-refractivity contribution is 7.09. The Bertz CT molecular complexity index is 323. The van der Waals surface area contributed by atoms with Crippen LogP contribution in [0.15, 0.2) is 5.38 Å². The average Bonchev–Trinajstić information content (AvgIpc) is 2.65. The summed E-state index contributed by atoms with van der Waals surface area (Å²) in [7, 11) is 2.89. The first-order valence-electron chi connectivity index (χ1n) is 4.53. The van der Waals surface area contributed by atoms with Crippen molar-refractivity contribution in [1.29, 1.82) is 0 Å². The summed E-state index contributed by atoms with van der Waals surface area (Å²) in [5.74, 6) is 0. The number of hydrogen-bond acceptors (Lipinski definition) is 4. The molecule has 0 bridgehead atoms. The van der Waals surface area contributed by atoms with Crippen LogP contribution in [-0.2, 0) is 15.9 Å². The van der Waals surface area contributed by atoms with E-state index in [0.29, 0.717) is 10.7 Å². The smallest absolute Gasteiger partial charge is 0.350 e. The summed E-state index contributed by atoms with van der Waals surface area (Å²) >= 11 is 1.18. The Morgan fingerprint density at radius 1 is 1.38 bits per heavy atom. The van der Waals surface area contributed by atoms with Crippen LogP contribution in [0, 0.1) is 0 Å². The second-order valence-corrected chi connectivity index (χ2v) is 4.03. The van der Waals surface area contributed by atoms with Crippen molar-refractivity contribution < 1.29 is 22.6 Å². The maximum Gasteiger partial charge on any atom is 0.389 e. The highest BCUT2D eigenvalue weighted by atomic mass is 32.1. The lowest BCUT2D eigenvalue weighted by Gasteiger charge is -2.09. The van der Waals surface area contributed by atoms with Gasteiger partial charge in [0.25, 0.3) is 0 Å². The van der Waals surface area contributed by atoms with Crippen LogP contribution in [0.5, 0.6) is 0 Å². The van der Waals surface area contributed by atoms with Crippen LogP contribution in [0.2, 0.25) is 0 Å². The topological polar surface area (TPSA) is 31.4 Å². The molecule has 0 N–H and O–H groups in total. The van der Waals surface area contributed by atoms with Gasteiger partial charge in [0.05, 0.1) is 5.01 Å². The van der Waals surface area contributed by atoms with Crippen LogP contribution in [-0.4, -0.2) is 25.4 Å². The average molecular weight is 255 g/mol. The highest BCUT2D eigenvalue weighted by Crippen LogP contribution is 2.25. The fraction of sp³-hybridized carbons (Fsp3) is 0.667. The third-order valence-electron chi connectivity index (χ3n) is 1.86. The normalized spacial score (nSPS) is 12.4. The molecular weight excluding hydrogens is 243 g/mol. The molecule has 0 fully saturated rings. The summed E-state index contributed by atoms with van der Waals surface area (Å²) in [4.78, 5) is 4.02. The number of nitrogens with zero attached hydrogens (tertiary/aromatic N) is 1. The lowest BCUT2D eigenvalue weighted by atomic mass is 10.3. The van der Waals surface area contributed by atoms with E-state index < -0.39 is 18.9 Å². The number of rotatable bonds is 5. The van der Waals surface area contributed by atoms with Crippen molar-refractivity contribution >= 4 is 11.3 Å². The third-order valence-corrected chi connectivity index (χ3v) is 2.79. The van der Waals surface area contributed by atoms with E-state index in [1.54, 1.807) is 5.38 Å². The van der Waals surface area contributed by atoms with Crippen molar-refractivity contribution in [3.63, 3.8) is 0 Å². The van der Waals surface area contributed by atoms with Crippen molar-refractivity contribution in [1.82, 2.24) is 4.98 Å². The minimum absolute atomic E-state index is 0.103. The van der Waals surface area contributed by atoms with Gasteiger partial charge in [-0.15, -0.1) is 11.3 Å². The molecule has 0 aliphatic carbocycles. The molecule has 3 nitrogen and oxygen atoms in total. The standard InChI is InChI=1S/C9H12F3NO2S/c1-14-8(15-2)6-5-16-7(13-6)3-4-9(10,11)12/h5,8H,3-4H2,1-2H3. The van der Waals surface area contributed by atoms with Gasteiger partial charge in [0.2, 0.25) is 6.29 Å². The number of methoxy groups -OCH3 is 2. The number of aromatic nitrogens is 1. The quantitative estimate of drug-likeness (QED) is 0.758. The Kier molecular flexibility index (Phi) is 4.69. The molecule has 0 saturated carbocycles. The van der Waals surface area contributed by atoms with Gasteiger partial charge in [0.15, 0.2) is 0 Å². The SMILES string of the molecule is COC(OC)c1csc(CCC(F)(F)F)n1. The van der Waals surface area contributed by atoms with Gasteiger partial charge in [-0.3, -0.25) is 0 Å². The van der Waals surface area contributed by atoms with Crippen molar-refractivity contribution in [2.75, 3.05) is 14.2 Å². The first-order valence-corrected chi connectivity index (χ1v) is 5.41. The minimum atomic E-state index is -4.15. The second kappa shape index (κ2) is 5.60. The van der Waals surface area contributed by atoms with Gasteiger partial charge in [-0.25, -0.2) is 4.98 Å². The Balaban J connectivity index is 2.58. The van der Waals surface area contributed by atoms with Gasteiger partial charge in [0.1, 0.15) is 5.69 Å². The number of ether oxygens (including phenoxy) is 2. The van der Waals surface area contributed by atoms with Crippen LogP contribution in [0.1, 0.15) is 23.4 Å². The Hall–Kier alpha value is -0.660. The molecule has 16 heavy (non-hydrogen) atoms. The van der Waals surface area contributed by atoms with Gasteiger partial charge in [-0.1, -0.05) is 0 Å². The third kappa shape index (κ3) is 4.07. The predicted octanol–water partition coefficient (Wildman–Crippen LogP) is 2.93. The molecule has 0 unspecified atom stereocenters. The monoisotopic (exact) mass is 255 g/mol. The molecule has 0 aliphatic heterocycles. The Morgan fingerprint density at radius 2 is 2.00 bits per heavy atom. The molecule has 0 amide bonds. The first kappa shape index (κ1) is 13.4. The summed E-state index contributed by atoms with van der Waals surface area (Å²) in [6.45, 7) is 0. The van der Waals surface area contributed by atoms with Gasteiger partial charge in [0, 0.05) is 32.4 Å². The fourth-order valence-corrected chi connectivity index (χ4v) is 1.93. The number of aryl methyl sites for hydroxylation is 1. The number of halogens is 3. The van der Waals surface area contributed by atoms with Crippen molar-refractivity contribution in [3.8, 4) is 0 Å². The van der Waals surface area contributed by atoms with Gasteiger partial charge < -0.3 is 9.47 Å². The van der Waals surface area contributed by atoms with E-state index in [-0.39, 0.29) is 6.42 Å². The van der Waals surface area contributed by atoms with Crippen LogP contribution in [0.3, 0.4) is 0 Å². The summed E-state index contributed by atoms with van der Waals surface area (Å²) < 4.78 is 45.8. The molecule has 0 radical (unpaired) electrons. The van der Waals surface area contributed by atoms with Gasteiger partial charge in [-0.2, -0.15) is 13.2 Å². The van der Waals surface area contributed by atoms with Crippen molar-refractivity contribution in [2.45, 2.75) is 25.3 Å². The zero-order chi connectivity index (χ0) is 12.2. The molecule has 7 heteroatoms. The van der Waals surface area contributed by atoms with E-state index in [4.69, 9.17) is 9.47 Å². The van der Waals surface area contributed by atoms with Crippen molar-refractivity contribution in [2.24, 2.45) is 0 Å². The Labute approximate surface area is 95.2 Å². The fourth-order valence-electron chi connectivity index (χ4n) is 1.13. The molecular formula is C9H12F3NO2S. The van der Waals surface area contributed by atoms with Crippen LogP contribution < -0.4 is 0 Å². The van der Waals surface area contributed by atoms with Crippen LogP contribution in [0.4, 0.5) is 13.2 Å².